The molecule has 0 spiro atoms. The summed E-state index contributed by atoms with van der Waals surface area (Å²) in [6.07, 6.45) is 25.2. The van der Waals surface area contributed by atoms with Gasteiger partial charge in [-0.15, -0.1) is 26.3 Å². The molecule has 0 atom stereocenters. The van der Waals surface area contributed by atoms with Gasteiger partial charge in [0.25, 0.3) is 0 Å². The number of methoxy groups -OCH3 is 3. The van der Waals surface area contributed by atoms with Gasteiger partial charge < -0.3 is 66.2 Å². The first-order valence-electron chi connectivity index (χ1n) is 47.9. The molecule has 6 aromatic rings. The molecule has 718 valence electrons. The highest BCUT2D eigenvalue weighted by atomic mass is 16.5. The fraction of sp³-hybridized carbons (Fsp3) is 0.314. The lowest BCUT2D eigenvalue weighted by Crippen LogP contribution is -2.30. The number of hydrogen-bond donors (Lipinski definition) is 0. The molecule has 6 aromatic carbocycles. The van der Waals surface area contributed by atoms with Crippen molar-refractivity contribution in [2.75, 3.05) is 170 Å². The van der Waals surface area contributed by atoms with Gasteiger partial charge in [-0.3, -0.25) is 9.59 Å². The fourth-order valence-corrected chi connectivity index (χ4v) is 17.8. The van der Waals surface area contributed by atoms with E-state index >= 15 is 0 Å². The van der Waals surface area contributed by atoms with Crippen LogP contribution < -0.4 is 73.2 Å². The number of carbonyl (C=O) groups is 2. The van der Waals surface area contributed by atoms with E-state index in [2.05, 4.69) is 293 Å². The maximum absolute atomic E-state index is 12.0. The van der Waals surface area contributed by atoms with E-state index in [4.69, 9.17) is 41.7 Å². The summed E-state index contributed by atoms with van der Waals surface area (Å²) < 4.78 is 61.1. The maximum Gasteiger partial charge on any atom is 0.305 e. The molecule has 0 bridgehead atoms. The van der Waals surface area contributed by atoms with Crippen LogP contribution in [0.25, 0.3) is 100 Å². The van der Waals surface area contributed by atoms with E-state index in [1.54, 1.807) is 27.4 Å². The van der Waals surface area contributed by atoms with Crippen molar-refractivity contribution in [2.24, 2.45) is 0 Å². The van der Waals surface area contributed by atoms with Crippen molar-refractivity contribution < 1.29 is 51.3 Å². The van der Waals surface area contributed by atoms with E-state index in [0.717, 1.165) is 225 Å². The molecule has 0 saturated heterocycles. The molecule has 137 heavy (non-hydrogen) atoms. The monoisotopic (exact) mass is 1850 g/mol. The topological polar surface area (TPSA) is 154 Å². The van der Waals surface area contributed by atoms with Crippen LogP contribution in [0.1, 0.15) is 96.8 Å². The van der Waals surface area contributed by atoms with E-state index in [-0.39, 0.29) is 11.9 Å². The first kappa shape index (κ1) is 105. The smallest absolute Gasteiger partial charge is 0.305 e. The van der Waals surface area contributed by atoms with Crippen LogP contribution >= 0.6 is 0 Å². The van der Waals surface area contributed by atoms with Crippen molar-refractivity contribution in [3.05, 3.63) is 318 Å². The summed E-state index contributed by atoms with van der Waals surface area (Å²) in [4.78, 5) is 35.4. The highest BCUT2D eigenvalue weighted by Gasteiger charge is 2.29. The molecule has 19 heteroatoms. The van der Waals surface area contributed by atoms with Gasteiger partial charge in [-0.05, 0) is 201 Å². The van der Waals surface area contributed by atoms with Gasteiger partial charge in [-0.1, -0.05) is 89.8 Å². The Balaban J connectivity index is 0.000000213. The summed E-state index contributed by atoms with van der Waals surface area (Å²) in [7, 11) is 5.18. The third-order valence-corrected chi connectivity index (χ3v) is 24.3. The molecule has 6 aliphatic rings. The van der Waals surface area contributed by atoms with E-state index in [1.165, 1.54) is 11.3 Å². The Bertz CT molecular complexity index is 6110. The maximum atomic E-state index is 12.0. The predicted molar refractivity (Wildman–Crippen MR) is 576 cm³/mol. The van der Waals surface area contributed by atoms with Gasteiger partial charge in [0.1, 0.15) is 63.6 Å². The lowest BCUT2D eigenvalue weighted by molar-refractivity contribution is -0.144. The number of hydrogen-bond acceptors (Lipinski definition) is 16. The standard InChI is InChI=1S/2C41H50N3O4.C36H43N2O3/c2*1-9-21-43(22-10-2)31-17-19-33-38(27-31)48-39-28-32(44(23-11-3)24-12-4)18-20-34(39)41(33)35-26-30(7)36(29-37(35)46-8)42(13-5)25-15-16-40(45)47-14-6;1-8-13-20-37(12-5)32-25-33(39-7)31(22-26(32)6)36-29-16-14-27(38(18-9-2)19-10-3)23-34(29)41-35-24-28(40-21-11-4)15-17-30(35)36/h2*9-12,17-20,26-29H,1-4,13-16,21-25H2,5-8H3;9-11,14-17,22-25H,2-4,8,12-13,18-21H2,1,5-7H3/q3*+1. The Morgan fingerprint density at radius 3 is 0.942 bits per heavy atom. The minimum atomic E-state index is -0.160. The van der Waals surface area contributed by atoms with Crippen molar-refractivity contribution in [1.29, 1.82) is 0 Å². The van der Waals surface area contributed by atoms with Crippen LogP contribution in [0.15, 0.2) is 298 Å². The minimum Gasteiger partial charge on any atom is -0.496 e. The summed E-state index contributed by atoms with van der Waals surface area (Å²) >= 11 is 0. The Hall–Kier alpha value is -14.3. The van der Waals surface area contributed by atoms with Crippen molar-refractivity contribution in [3.63, 3.8) is 0 Å². The summed E-state index contributed by atoms with van der Waals surface area (Å²) in [5.74, 6) is 5.10. The van der Waals surface area contributed by atoms with Crippen LogP contribution in [0.5, 0.6) is 23.0 Å². The number of nitrogens with zero attached hydrogens (tertiary/aromatic N) is 8. The van der Waals surface area contributed by atoms with Crippen LogP contribution in [0.2, 0.25) is 0 Å². The van der Waals surface area contributed by atoms with Gasteiger partial charge in [-0.25, -0.2) is 13.7 Å². The highest BCUT2D eigenvalue weighted by molar-refractivity contribution is 6.07. The number of ether oxygens (including phenoxy) is 6. The molecule has 0 fully saturated rings. The molecular weight excluding hydrogens is 1710 g/mol. The van der Waals surface area contributed by atoms with Crippen LogP contribution in [-0.2, 0) is 19.1 Å². The number of aryl methyl sites for hydroxylation is 3. The Labute approximate surface area is 812 Å². The number of rotatable bonds is 50. The van der Waals surface area contributed by atoms with Gasteiger partial charge in [0.15, 0.2) is 39.3 Å². The zero-order valence-electron chi connectivity index (χ0n) is 83.2. The number of esters is 2. The number of carbonyl (C=O) groups excluding carboxylic acids is 2. The molecule has 19 nitrogen and oxygen atoms in total. The lowest BCUT2D eigenvalue weighted by atomic mass is 9.91. The number of benzene rings is 9. The van der Waals surface area contributed by atoms with Crippen molar-refractivity contribution in [2.45, 2.75) is 101 Å². The molecule has 3 heterocycles. The molecule has 3 aliphatic carbocycles. The highest BCUT2D eigenvalue weighted by Crippen LogP contribution is 2.50. The first-order valence-corrected chi connectivity index (χ1v) is 47.9. The summed E-state index contributed by atoms with van der Waals surface area (Å²) in [5, 5.41) is 6.04. The van der Waals surface area contributed by atoms with E-state index < -0.39 is 0 Å². The van der Waals surface area contributed by atoms with Crippen molar-refractivity contribution >= 4 is 73.3 Å². The predicted octanol–water partition coefficient (Wildman–Crippen LogP) is 23.9. The second-order valence-corrected chi connectivity index (χ2v) is 33.4. The third-order valence-electron chi connectivity index (χ3n) is 24.3. The third kappa shape index (κ3) is 25.8. The largest absolute Gasteiger partial charge is 0.496 e. The zero-order chi connectivity index (χ0) is 98.6. The van der Waals surface area contributed by atoms with Gasteiger partial charge in [-0.2, -0.15) is 0 Å². The van der Waals surface area contributed by atoms with Crippen molar-refractivity contribution in [1.82, 2.24) is 13.7 Å². The van der Waals surface area contributed by atoms with E-state index in [0.29, 0.717) is 111 Å². The van der Waals surface area contributed by atoms with Gasteiger partial charge >= 0.3 is 11.9 Å². The molecule has 0 amide bonds. The Morgan fingerprint density at radius 2 is 0.657 bits per heavy atom. The molecule has 3 aliphatic heterocycles. The fourth-order valence-electron chi connectivity index (χ4n) is 17.8. The average Bonchev–Trinajstić information content (AvgIpc) is 0.748. The molecule has 0 saturated carbocycles. The number of unbranched alkanes of at least 4 members (excludes halogenated alkanes) is 1. The van der Waals surface area contributed by atoms with Gasteiger partial charge in [0.2, 0.25) is 16.1 Å². The van der Waals surface area contributed by atoms with Crippen LogP contribution in [-0.4, -0.2) is 158 Å². The molecule has 0 radical (unpaired) electrons. The molecule has 12 rings (SSSR count). The SMILES string of the molecule is C=CCN(CC=C)c1ccc2c(-c3cc(C)c(N(CC)CCCC(=O)OCC)cc3OC)c3ccc(=[N+](CC=C)CC=C)cc-3oc2c1.C=CCN(CC=C)c1ccc2c(-c3cc(C)c(N(CC)CCCC(=O)OCC)cc3OC)c3ccc(=[N+](CC=C)CC=C)cc-3oc2c1.C=CCOc1ccc2c(-c3cc(C)c(N(CC)CCCC)cc3OC)c3ccc(=[N+](CC=C)CC=C)cc-3oc2c1. The second-order valence-electron chi connectivity index (χ2n) is 33.4. The summed E-state index contributed by atoms with van der Waals surface area (Å²) in [6.45, 7) is 75.2. The van der Waals surface area contributed by atoms with Crippen molar-refractivity contribution in [3.8, 4) is 90.3 Å². The normalized spacial score (nSPS) is 10.9. The summed E-state index contributed by atoms with van der Waals surface area (Å²) in [5.41, 5.74) is 20.3. The Kier molecular flexibility index (Phi) is 40.2. The summed E-state index contributed by atoms with van der Waals surface area (Å²) in [6, 6.07) is 50.9. The Morgan fingerprint density at radius 1 is 0.343 bits per heavy atom. The quantitative estimate of drug-likeness (QED) is 0.0154. The zero-order valence-corrected chi connectivity index (χ0v) is 83.2. The van der Waals surface area contributed by atoms with Gasteiger partial charge in [0.05, 0.1) is 52.7 Å². The number of fused-ring (bicyclic) bond motifs is 6. The molecule has 0 N–H and O–H groups in total. The molecular formula is C118H143N8O11+3. The molecule has 0 aromatic heterocycles. The minimum absolute atomic E-state index is 0.160. The lowest BCUT2D eigenvalue weighted by Gasteiger charge is -2.27. The molecule has 0 unspecified atom stereocenters. The van der Waals surface area contributed by atoms with Crippen LogP contribution in [0.4, 0.5) is 28.4 Å². The second kappa shape index (κ2) is 52.5. The van der Waals surface area contributed by atoms with Gasteiger partial charge in [0, 0.05) is 228 Å². The van der Waals surface area contributed by atoms with Crippen LogP contribution in [0, 0.1) is 20.8 Å². The van der Waals surface area contributed by atoms with E-state index in [1.807, 2.05) is 86.7 Å². The van der Waals surface area contributed by atoms with E-state index in [9.17, 15) is 9.59 Å². The first-order chi connectivity index (χ1) is 66.6. The number of anilines is 5. The van der Waals surface area contributed by atoms with Crippen LogP contribution in [0.3, 0.4) is 0 Å². The average molecular weight is 1850 g/mol.